The number of carbonyl (C=O) groups excluding carboxylic acids is 1. The van der Waals surface area contributed by atoms with Crippen LogP contribution in [0.15, 0.2) is 41.6 Å². The lowest BCUT2D eigenvalue weighted by atomic mass is 9.61. The van der Waals surface area contributed by atoms with Gasteiger partial charge in [-0.2, -0.15) is 4.31 Å². The molecule has 1 aliphatic carbocycles. The van der Waals surface area contributed by atoms with Crippen LogP contribution in [0.5, 0.6) is 5.88 Å². The van der Waals surface area contributed by atoms with Crippen LogP contribution < -0.4 is 4.74 Å². The van der Waals surface area contributed by atoms with Crippen molar-refractivity contribution < 1.29 is 22.3 Å². The number of aromatic nitrogens is 2. The van der Waals surface area contributed by atoms with Crippen LogP contribution in [-0.2, 0) is 10.0 Å². The van der Waals surface area contributed by atoms with Crippen LogP contribution in [0.1, 0.15) is 30.3 Å². The monoisotopic (exact) mass is 432 g/mol. The molecule has 1 amide bonds. The van der Waals surface area contributed by atoms with Crippen molar-refractivity contribution in [3.05, 3.63) is 48.2 Å². The highest BCUT2D eigenvalue weighted by Gasteiger charge is 2.58. The fourth-order valence-corrected chi connectivity index (χ4v) is 6.50. The number of fused-ring (bicyclic) bond motifs is 1. The molecule has 2 fully saturated rings. The number of nitrogens with zero attached hydrogens (tertiary/aromatic N) is 4. The molecule has 1 saturated carbocycles. The van der Waals surface area contributed by atoms with Gasteiger partial charge in [0.2, 0.25) is 15.9 Å². The van der Waals surface area contributed by atoms with Crippen molar-refractivity contribution >= 4 is 15.9 Å². The molecular weight excluding hydrogens is 411 g/mol. The average molecular weight is 432 g/mol. The summed E-state index contributed by atoms with van der Waals surface area (Å²) in [6.45, 7) is 2.92. The number of sulfonamides is 1. The standard InChI is InChI=1S/C20H21FN4O4S/c1-13-10-29-18-17(22-6-7-23-18)19(26)25(13)14-8-20(9-14)11-24(12-20)30(27,28)16-5-3-2-4-15(16)21/h2-7,13-14H,8-12H2,1H3/t13-/m1/s1. The zero-order valence-electron chi connectivity index (χ0n) is 16.4. The van der Waals surface area contributed by atoms with Gasteiger partial charge < -0.3 is 9.64 Å². The second-order valence-corrected chi connectivity index (χ2v) is 10.3. The molecule has 0 radical (unpaired) electrons. The fraction of sp³-hybridized carbons (Fsp3) is 0.450. The van der Waals surface area contributed by atoms with E-state index in [2.05, 4.69) is 9.97 Å². The second-order valence-electron chi connectivity index (χ2n) is 8.35. The van der Waals surface area contributed by atoms with Crippen LogP contribution in [0.25, 0.3) is 0 Å². The average Bonchev–Trinajstić information content (AvgIpc) is 2.78. The maximum Gasteiger partial charge on any atom is 0.278 e. The molecular formula is C20H21FN4O4S. The van der Waals surface area contributed by atoms with Crippen LogP contribution in [-0.4, -0.2) is 65.3 Å². The summed E-state index contributed by atoms with van der Waals surface area (Å²) in [7, 11) is -3.85. The molecule has 30 heavy (non-hydrogen) atoms. The van der Waals surface area contributed by atoms with Crippen molar-refractivity contribution in [2.75, 3.05) is 19.7 Å². The smallest absolute Gasteiger partial charge is 0.278 e. The minimum Gasteiger partial charge on any atom is -0.474 e. The fourth-order valence-electron chi connectivity index (χ4n) is 4.77. The van der Waals surface area contributed by atoms with Gasteiger partial charge in [-0.15, -0.1) is 0 Å². The summed E-state index contributed by atoms with van der Waals surface area (Å²) in [6.07, 6.45) is 4.35. The van der Waals surface area contributed by atoms with Gasteiger partial charge in [0.1, 0.15) is 17.3 Å². The van der Waals surface area contributed by atoms with Crippen LogP contribution in [0.3, 0.4) is 0 Å². The molecule has 0 bridgehead atoms. The number of hydrogen-bond donors (Lipinski definition) is 0. The van der Waals surface area contributed by atoms with Crippen LogP contribution in [0.4, 0.5) is 4.39 Å². The predicted octanol–water partition coefficient (Wildman–Crippen LogP) is 1.69. The van der Waals surface area contributed by atoms with Gasteiger partial charge in [-0.25, -0.2) is 22.8 Å². The largest absolute Gasteiger partial charge is 0.474 e. The summed E-state index contributed by atoms with van der Waals surface area (Å²) in [6, 6.07) is 5.26. The lowest BCUT2D eigenvalue weighted by molar-refractivity contribution is -0.0757. The van der Waals surface area contributed by atoms with Crippen molar-refractivity contribution in [2.24, 2.45) is 5.41 Å². The quantitative estimate of drug-likeness (QED) is 0.733. The van der Waals surface area contributed by atoms with E-state index in [-0.39, 0.29) is 39.9 Å². The molecule has 5 rings (SSSR count). The first-order chi connectivity index (χ1) is 14.3. The summed E-state index contributed by atoms with van der Waals surface area (Å²) < 4.78 is 46.4. The number of amides is 1. The Morgan fingerprint density at radius 1 is 1.17 bits per heavy atom. The number of halogens is 1. The van der Waals surface area contributed by atoms with Gasteiger partial charge in [0.15, 0.2) is 5.69 Å². The van der Waals surface area contributed by atoms with E-state index in [0.29, 0.717) is 32.5 Å². The third-order valence-corrected chi connectivity index (χ3v) is 8.07. The predicted molar refractivity (Wildman–Crippen MR) is 104 cm³/mol. The lowest BCUT2D eigenvalue weighted by Gasteiger charge is -2.60. The number of ether oxygens (including phenoxy) is 1. The van der Waals surface area contributed by atoms with Gasteiger partial charge in [-0.05, 0) is 31.9 Å². The number of rotatable bonds is 3. The van der Waals surface area contributed by atoms with Crippen molar-refractivity contribution in [2.45, 2.75) is 36.7 Å². The molecule has 2 aliphatic heterocycles. The Morgan fingerprint density at radius 3 is 2.60 bits per heavy atom. The highest BCUT2D eigenvalue weighted by Crippen LogP contribution is 2.52. The van der Waals surface area contributed by atoms with Crippen LogP contribution in [0.2, 0.25) is 0 Å². The molecule has 0 unspecified atom stereocenters. The Morgan fingerprint density at radius 2 is 1.87 bits per heavy atom. The lowest BCUT2D eigenvalue weighted by Crippen LogP contribution is -2.68. The summed E-state index contributed by atoms with van der Waals surface area (Å²) >= 11 is 0. The highest BCUT2D eigenvalue weighted by molar-refractivity contribution is 7.89. The van der Waals surface area contributed by atoms with Crippen molar-refractivity contribution in [3.63, 3.8) is 0 Å². The minimum absolute atomic E-state index is 0.0117. The molecule has 158 valence electrons. The molecule has 8 nitrogen and oxygen atoms in total. The van der Waals surface area contributed by atoms with Gasteiger partial charge in [-0.1, -0.05) is 12.1 Å². The topological polar surface area (TPSA) is 92.7 Å². The first-order valence-electron chi connectivity index (χ1n) is 9.82. The van der Waals surface area contributed by atoms with Gasteiger partial charge >= 0.3 is 0 Å². The van der Waals surface area contributed by atoms with Crippen LogP contribution in [0, 0.1) is 11.2 Å². The molecule has 3 aliphatic rings. The van der Waals surface area contributed by atoms with Gasteiger partial charge in [0, 0.05) is 36.9 Å². The highest BCUT2D eigenvalue weighted by atomic mass is 32.2. The maximum atomic E-state index is 14.0. The molecule has 1 spiro atoms. The van der Waals surface area contributed by atoms with Crippen LogP contribution >= 0.6 is 0 Å². The van der Waals surface area contributed by atoms with Crippen molar-refractivity contribution in [1.82, 2.24) is 19.2 Å². The maximum absolute atomic E-state index is 14.0. The molecule has 2 aromatic rings. The van der Waals surface area contributed by atoms with Gasteiger partial charge in [-0.3, -0.25) is 4.79 Å². The summed E-state index contributed by atoms with van der Waals surface area (Å²) in [5.41, 5.74) is 0.0432. The van der Waals surface area contributed by atoms with E-state index in [4.69, 9.17) is 4.74 Å². The first kappa shape index (κ1) is 19.4. The number of benzene rings is 1. The normalized spacial score (nSPS) is 23.9. The van der Waals surface area contributed by atoms with E-state index in [1.54, 1.807) is 4.90 Å². The van der Waals surface area contributed by atoms with Gasteiger partial charge in [0.05, 0.1) is 6.04 Å². The Labute approximate surface area is 173 Å². The third kappa shape index (κ3) is 2.89. The third-order valence-electron chi connectivity index (χ3n) is 6.25. The van der Waals surface area contributed by atoms with E-state index in [0.717, 1.165) is 6.07 Å². The van der Waals surface area contributed by atoms with E-state index < -0.39 is 15.8 Å². The minimum atomic E-state index is -3.85. The molecule has 10 heteroatoms. The Hall–Kier alpha value is -2.59. The van der Waals surface area contributed by atoms with E-state index in [9.17, 15) is 17.6 Å². The van der Waals surface area contributed by atoms with Crippen molar-refractivity contribution in [1.29, 1.82) is 0 Å². The molecule has 1 atom stereocenters. The Bertz CT molecular complexity index is 1110. The molecule has 1 saturated heterocycles. The van der Waals surface area contributed by atoms with E-state index >= 15 is 0 Å². The zero-order valence-corrected chi connectivity index (χ0v) is 17.2. The molecule has 1 aromatic heterocycles. The Balaban J connectivity index is 1.28. The van der Waals surface area contributed by atoms with E-state index in [1.807, 2.05) is 6.92 Å². The second kappa shape index (κ2) is 6.71. The SMILES string of the molecule is C[C@@H]1COc2nccnc2C(=O)N1C1CC2(C1)CN(S(=O)(=O)c1ccccc1F)C2. The van der Waals surface area contributed by atoms with Crippen molar-refractivity contribution in [3.8, 4) is 5.88 Å². The molecule has 0 N–H and O–H groups in total. The molecule has 3 heterocycles. The first-order valence-corrected chi connectivity index (χ1v) is 11.3. The molecule has 1 aromatic carbocycles. The number of hydrogen-bond acceptors (Lipinski definition) is 6. The Kier molecular flexibility index (Phi) is 4.33. The summed E-state index contributed by atoms with van der Waals surface area (Å²) in [5.74, 6) is -0.705. The number of carbonyl (C=O) groups is 1. The van der Waals surface area contributed by atoms with E-state index in [1.165, 1.54) is 34.9 Å². The van der Waals surface area contributed by atoms with Gasteiger partial charge in [0.25, 0.3) is 5.91 Å². The zero-order chi connectivity index (χ0) is 21.1. The summed E-state index contributed by atoms with van der Waals surface area (Å²) in [5, 5.41) is 0. The summed E-state index contributed by atoms with van der Waals surface area (Å²) in [4.78, 5) is 22.8.